The van der Waals surface area contributed by atoms with Gasteiger partial charge in [-0.1, -0.05) is 13.8 Å². The van der Waals surface area contributed by atoms with E-state index in [0.29, 0.717) is 39.0 Å². The van der Waals surface area contributed by atoms with E-state index in [1.165, 1.54) is 15.1 Å². The number of fused-ring (bicyclic) bond motifs is 1. The third-order valence-corrected chi connectivity index (χ3v) is 7.65. The van der Waals surface area contributed by atoms with Crippen LogP contribution in [-0.4, -0.2) is 59.1 Å². The Balaban J connectivity index is 1.62. The molecule has 10 nitrogen and oxygen atoms in total. The highest BCUT2D eigenvalue weighted by atomic mass is 32.2. The zero-order chi connectivity index (χ0) is 23.9. The summed E-state index contributed by atoms with van der Waals surface area (Å²) in [5, 5.41) is 3.06. The number of piperidine rings is 1. The number of nitrogens with zero attached hydrogens (tertiary/aromatic N) is 3. The summed E-state index contributed by atoms with van der Waals surface area (Å²) < 4.78 is 26.3. The molecule has 1 saturated heterocycles. The Labute approximate surface area is 192 Å². The minimum atomic E-state index is -3.20. The van der Waals surface area contributed by atoms with E-state index in [0.717, 1.165) is 18.5 Å². The van der Waals surface area contributed by atoms with Gasteiger partial charge in [0.05, 0.1) is 17.2 Å². The van der Waals surface area contributed by atoms with Crippen LogP contribution >= 0.6 is 0 Å². The fraction of sp³-hybridized carbons (Fsp3) is 0.636. The summed E-state index contributed by atoms with van der Waals surface area (Å²) in [4.78, 5) is 45.4. The van der Waals surface area contributed by atoms with Gasteiger partial charge in [0, 0.05) is 37.8 Å². The smallest absolute Gasteiger partial charge is 0.330 e. The fourth-order valence-corrected chi connectivity index (χ4v) is 5.25. The highest BCUT2D eigenvalue weighted by Gasteiger charge is 2.29. The van der Waals surface area contributed by atoms with Crippen molar-refractivity contribution in [3.8, 4) is 0 Å². The third kappa shape index (κ3) is 5.19. The molecule has 2 N–H and O–H groups in total. The fourth-order valence-electron chi connectivity index (χ4n) is 4.37. The van der Waals surface area contributed by atoms with Gasteiger partial charge in [0.2, 0.25) is 10.0 Å². The van der Waals surface area contributed by atoms with Crippen molar-refractivity contribution in [3.05, 3.63) is 38.2 Å². The summed E-state index contributed by atoms with van der Waals surface area (Å²) in [6.07, 6.45) is 4.46. The van der Waals surface area contributed by atoms with Crippen molar-refractivity contribution in [1.29, 1.82) is 0 Å². The predicted molar refractivity (Wildman–Crippen MR) is 125 cm³/mol. The summed E-state index contributed by atoms with van der Waals surface area (Å²) in [6.45, 7) is 5.58. The molecule has 0 unspecified atom stereocenters. The summed E-state index contributed by atoms with van der Waals surface area (Å²) in [5.41, 5.74) is 0.0846. The van der Waals surface area contributed by atoms with Crippen LogP contribution < -0.4 is 16.6 Å². The molecule has 0 atom stereocenters. The molecule has 11 heteroatoms. The zero-order valence-corrected chi connectivity index (χ0v) is 20.1. The van der Waals surface area contributed by atoms with Crippen LogP contribution in [0.1, 0.15) is 61.5 Å². The van der Waals surface area contributed by atoms with Crippen molar-refractivity contribution in [3.63, 3.8) is 0 Å². The number of aromatic nitrogens is 3. The molecule has 0 radical (unpaired) electrons. The van der Waals surface area contributed by atoms with E-state index in [4.69, 9.17) is 0 Å². The molecule has 1 aliphatic heterocycles. The highest BCUT2D eigenvalue weighted by Crippen LogP contribution is 2.40. The molecule has 2 aliphatic rings. The van der Waals surface area contributed by atoms with E-state index in [1.54, 1.807) is 6.07 Å². The first-order valence-electron chi connectivity index (χ1n) is 11.5. The van der Waals surface area contributed by atoms with Crippen LogP contribution in [0.2, 0.25) is 0 Å². The molecule has 3 heterocycles. The van der Waals surface area contributed by atoms with E-state index in [2.05, 4.69) is 15.3 Å². The van der Waals surface area contributed by atoms with Gasteiger partial charge in [-0.05, 0) is 43.6 Å². The van der Waals surface area contributed by atoms with Gasteiger partial charge in [-0.2, -0.15) is 0 Å². The molecule has 2 fully saturated rings. The van der Waals surface area contributed by atoms with Gasteiger partial charge in [-0.15, -0.1) is 0 Å². The van der Waals surface area contributed by atoms with Crippen LogP contribution in [0.3, 0.4) is 0 Å². The first-order valence-corrected chi connectivity index (χ1v) is 13.3. The minimum Gasteiger partial charge on any atom is -0.352 e. The summed E-state index contributed by atoms with van der Waals surface area (Å²) in [7, 11) is -3.20. The van der Waals surface area contributed by atoms with Crippen LogP contribution in [0, 0.1) is 11.8 Å². The number of aromatic amines is 1. The van der Waals surface area contributed by atoms with Crippen LogP contribution in [0.15, 0.2) is 15.7 Å². The first-order chi connectivity index (χ1) is 15.5. The van der Waals surface area contributed by atoms with Crippen LogP contribution in [0.5, 0.6) is 0 Å². The Hall–Kier alpha value is -2.53. The SMILES string of the molecule is CC(C)Cn1c(=O)[nH]c(=O)c2c(C(=O)NCC3CCN(S(C)(=O)=O)CC3)cc(C3CC3)nc21. The average Bonchev–Trinajstić information content (AvgIpc) is 3.59. The van der Waals surface area contributed by atoms with Gasteiger partial charge in [0.15, 0.2) is 5.65 Å². The number of pyridine rings is 1. The topological polar surface area (TPSA) is 134 Å². The second-order valence-corrected chi connectivity index (χ2v) is 11.6. The molecule has 0 bridgehead atoms. The van der Waals surface area contributed by atoms with Crippen LogP contribution in [-0.2, 0) is 16.6 Å². The molecule has 1 amide bonds. The van der Waals surface area contributed by atoms with Crippen LogP contribution in [0.4, 0.5) is 0 Å². The third-order valence-electron chi connectivity index (χ3n) is 6.35. The molecule has 180 valence electrons. The normalized spacial score (nSPS) is 18.2. The number of carbonyl (C=O) groups is 1. The van der Waals surface area contributed by atoms with Gasteiger partial charge in [-0.3, -0.25) is 19.1 Å². The molecule has 4 rings (SSSR count). The molecule has 2 aromatic heterocycles. The Bertz CT molecular complexity index is 1280. The Morgan fingerprint density at radius 3 is 2.45 bits per heavy atom. The largest absolute Gasteiger partial charge is 0.352 e. The Kier molecular flexibility index (Phi) is 6.45. The lowest BCUT2D eigenvalue weighted by Crippen LogP contribution is -2.41. The zero-order valence-electron chi connectivity index (χ0n) is 19.3. The highest BCUT2D eigenvalue weighted by molar-refractivity contribution is 7.88. The van der Waals surface area contributed by atoms with E-state index in [9.17, 15) is 22.8 Å². The summed E-state index contributed by atoms with van der Waals surface area (Å²) >= 11 is 0. The van der Waals surface area contributed by atoms with Gasteiger partial charge >= 0.3 is 5.69 Å². The van der Waals surface area contributed by atoms with E-state index in [1.807, 2.05) is 13.8 Å². The Morgan fingerprint density at radius 2 is 1.88 bits per heavy atom. The number of nitrogens with one attached hydrogen (secondary N) is 2. The standard InChI is InChI=1S/C22H31N5O5S/c1-13(2)12-27-19-18(21(29)25-22(27)30)16(10-17(24-19)15-4-5-15)20(28)23-11-14-6-8-26(9-7-14)33(3,31)32/h10,13-15H,4-9,11-12H2,1-3H3,(H,23,28)(H,25,29,30). The van der Waals surface area contributed by atoms with Crippen molar-refractivity contribution in [2.75, 3.05) is 25.9 Å². The van der Waals surface area contributed by atoms with E-state index >= 15 is 0 Å². The van der Waals surface area contributed by atoms with Crippen molar-refractivity contribution in [2.24, 2.45) is 11.8 Å². The minimum absolute atomic E-state index is 0.129. The van der Waals surface area contributed by atoms with Gasteiger partial charge in [0.1, 0.15) is 0 Å². The number of carbonyl (C=O) groups excluding carboxylic acids is 1. The Morgan fingerprint density at radius 1 is 1.21 bits per heavy atom. The number of rotatable bonds is 7. The molecule has 0 spiro atoms. The molecular weight excluding hydrogens is 446 g/mol. The lowest BCUT2D eigenvalue weighted by Gasteiger charge is -2.30. The number of H-pyrrole nitrogens is 1. The monoisotopic (exact) mass is 477 g/mol. The van der Waals surface area contributed by atoms with Crippen molar-refractivity contribution >= 4 is 27.0 Å². The molecule has 1 aliphatic carbocycles. The maximum absolute atomic E-state index is 13.2. The van der Waals surface area contributed by atoms with E-state index in [-0.39, 0.29) is 40.3 Å². The van der Waals surface area contributed by atoms with Gasteiger partial charge in [0.25, 0.3) is 11.5 Å². The van der Waals surface area contributed by atoms with E-state index < -0.39 is 21.3 Å². The lowest BCUT2D eigenvalue weighted by atomic mass is 9.98. The second kappa shape index (κ2) is 9.02. The number of hydrogen-bond donors (Lipinski definition) is 2. The number of amides is 1. The first kappa shape index (κ1) is 23.6. The summed E-state index contributed by atoms with van der Waals surface area (Å²) in [5.74, 6) is 0.164. The molecule has 33 heavy (non-hydrogen) atoms. The van der Waals surface area contributed by atoms with Gasteiger partial charge < -0.3 is 5.32 Å². The van der Waals surface area contributed by atoms with Crippen LogP contribution in [0.25, 0.3) is 11.0 Å². The average molecular weight is 478 g/mol. The molecule has 1 saturated carbocycles. The number of hydrogen-bond acceptors (Lipinski definition) is 6. The summed E-state index contributed by atoms with van der Waals surface area (Å²) in [6, 6.07) is 1.68. The second-order valence-electron chi connectivity index (χ2n) is 9.65. The number of sulfonamides is 1. The van der Waals surface area contributed by atoms with Crippen molar-refractivity contribution in [2.45, 2.75) is 52.0 Å². The molecule has 0 aromatic carbocycles. The van der Waals surface area contributed by atoms with Crippen molar-refractivity contribution in [1.82, 2.24) is 24.2 Å². The predicted octanol–water partition coefficient (Wildman–Crippen LogP) is 1.02. The molecular formula is C22H31N5O5S. The van der Waals surface area contributed by atoms with Crippen molar-refractivity contribution < 1.29 is 13.2 Å². The van der Waals surface area contributed by atoms with Gasteiger partial charge in [-0.25, -0.2) is 22.5 Å². The lowest BCUT2D eigenvalue weighted by molar-refractivity contribution is 0.0943. The maximum Gasteiger partial charge on any atom is 0.330 e. The quantitative estimate of drug-likeness (QED) is 0.611. The molecule has 2 aromatic rings. The maximum atomic E-state index is 13.2.